The third-order valence-corrected chi connectivity index (χ3v) is 4.17. The Morgan fingerprint density at radius 3 is 2.68 bits per heavy atom. The van der Waals surface area contributed by atoms with Gasteiger partial charge < -0.3 is 5.73 Å². The van der Waals surface area contributed by atoms with E-state index in [9.17, 15) is 12.8 Å². The maximum Gasteiger partial charge on any atom is 0.244 e. The second-order valence-corrected chi connectivity index (χ2v) is 5.95. The first kappa shape index (κ1) is 15.5. The predicted molar refractivity (Wildman–Crippen MR) is 73.4 cm³/mol. The van der Waals surface area contributed by atoms with E-state index in [0.717, 1.165) is 18.6 Å². The van der Waals surface area contributed by atoms with E-state index in [4.69, 9.17) is 12.2 Å². The minimum absolute atomic E-state index is 0.217. The molecule has 0 amide bonds. The van der Waals surface area contributed by atoms with Crippen LogP contribution < -0.4 is 10.5 Å². The second kappa shape index (κ2) is 6.04. The summed E-state index contributed by atoms with van der Waals surface area (Å²) in [6, 6.07) is 1.54. The van der Waals surface area contributed by atoms with Gasteiger partial charge in [-0.2, -0.15) is 4.72 Å². The molecule has 1 unspecified atom stereocenters. The number of hydrogen-bond acceptors (Lipinski definition) is 3. The van der Waals surface area contributed by atoms with Crippen molar-refractivity contribution in [2.45, 2.75) is 37.6 Å². The number of nitrogen functional groups attached to an aromatic ring is 1. The molecule has 1 rings (SSSR count). The fourth-order valence-electron chi connectivity index (χ4n) is 1.59. The summed E-state index contributed by atoms with van der Waals surface area (Å²) in [7, 11) is -4.01. The minimum atomic E-state index is -4.01. The Hall–Kier alpha value is -1.58. The molecule has 1 atom stereocenters. The summed E-state index contributed by atoms with van der Waals surface area (Å²) in [6.45, 7) is 3.48. The maximum atomic E-state index is 13.7. The van der Waals surface area contributed by atoms with E-state index in [1.807, 2.05) is 6.92 Å². The molecule has 0 fully saturated rings. The van der Waals surface area contributed by atoms with Crippen molar-refractivity contribution in [3.63, 3.8) is 0 Å². The zero-order valence-electron chi connectivity index (χ0n) is 10.9. The molecular weight excluding hydrogens is 267 g/mol. The lowest BCUT2D eigenvalue weighted by atomic mass is 10.2. The third kappa shape index (κ3) is 3.69. The van der Waals surface area contributed by atoms with E-state index in [1.54, 1.807) is 6.92 Å². The van der Waals surface area contributed by atoms with Gasteiger partial charge in [0.25, 0.3) is 0 Å². The molecule has 0 spiro atoms. The average molecular weight is 284 g/mol. The quantitative estimate of drug-likeness (QED) is 0.639. The van der Waals surface area contributed by atoms with E-state index < -0.39 is 26.8 Å². The highest BCUT2D eigenvalue weighted by atomic mass is 32.2. The molecule has 0 radical (unpaired) electrons. The van der Waals surface area contributed by atoms with Crippen LogP contribution in [0.5, 0.6) is 0 Å². The van der Waals surface area contributed by atoms with Gasteiger partial charge in [-0.15, -0.1) is 6.42 Å². The van der Waals surface area contributed by atoms with Gasteiger partial charge in [0, 0.05) is 5.69 Å². The monoisotopic (exact) mass is 284 g/mol. The molecular formula is C13H17FN2O2S. The summed E-state index contributed by atoms with van der Waals surface area (Å²) in [6.07, 6.45) is 6.44. The highest BCUT2D eigenvalue weighted by Crippen LogP contribution is 2.21. The van der Waals surface area contributed by atoms with Crippen LogP contribution in [0.25, 0.3) is 0 Å². The van der Waals surface area contributed by atoms with Crippen LogP contribution in [0.4, 0.5) is 10.1 Å². The number of hydrogen-bond donors (Lipinski definition) is 2. The standard InChI is InChI=1S/C13H17FN2O2S/c1-4-6-10(5-2)16-19(17,18)13-8-12(15)9(3)7-11(13)14/h2,7-8,10,16H,4,6,15H2,1,3H3. The Labute approximate surface area is 113 Å². The molecule has 104 valence electrons. The SMILES string of the molecule is C#CC(CCC)NS(=O)(=O)c1cc(N)c(C)cc1F. The fraction of sp³-hybridized carbons (Fsp3) is 0.385. The molecule has 0 aromatic heterocycles. The van der Waals surface area contributed by atoms with Gasteiger partial charge in [0.05, 0.1) is 6.04 Å². The Morgan fingerprint density at radius 2 is 2.16 bits per heavy atom. The number of rotatable bonds is 5. The number of halogens is 1. The predicted octanol–water partition coefficient (Wildman–Crippen LogP) is 1.80. The second-order valence-electron chi connectivity index (χ2n) is 4.27. The Bertz CT molecular complexity index is 606. The molecule has 19 heavy (non-hydrogen) atoms. The van der Waals surface area contributed by atoms with E-state index in [1.165, 1.54) is 0 Å². The number of anilines is 1. The molecule has 0 bridgehead atoms. The first-order valence-corrected chi connectivity index (χ1v) is 7.34. The van der Waals surface area contributed by atoms with Crippen molar-refractivity contribution in [3.8, 4) is 12.3 Å². The fourth-order valence-corrected chi connectivity index (χ4v) is 2.88. The van der Waals surface area contributed by atoms with Crippen molar-refractivity contribution in [1.82, 2.24) is 4.72 Å². The average Bonchev–Trinajstić information content (AvgIpc) is 2.32. The van der Waals surface area contributed by atoms with Crippen molar-refractivity contribution in [2.75, 3.05) is 5.73 Å². The normalized spacial score (nSPS) is 12.9. The van der Waals surface area contributed by atoms with Crippen molar-refractivity contribution in [3.05, 3.63) is 23.5 Å². The van der Waals surface area contributed by atoms with Crippen LogP contribution in [-0.4, -0.2) is 14.5 Å². The number of nitrogens with one attached hydrogen (secondary N) is 1. The first-order chi connectivity index (χ1) is 8.81. The Kier molecular flexibility index (Phi) is 4.92. The molecule has 0 aliphatic carbocycles. The van der Waals surface area contributed by atoms with Gasteiger partial charge in [-0.05, 0) is 31.0 Å². The highest BCUT2D eigenvalue weighted by Gasteiger charge is 2.23. The van der Waals surface area contributed by atoms with E-state index in [-0.39, 0.29) is 5.69 Å². The smallest absolute Gasteiger partial charge is 0.244 e. The van der Waals surface area contributed by atoms with Gasteiger partial charge in [0.1, 0.15) is 10.7 Å². The number of sulfonamides is 1. The first-order valence-electron chi connectivity index (χ1n) is 5.86. The third-order valence-electron chi connectivity index (χ3n) is 2.69. The molecule has 3 N–H and O–H groups in total. The van der Waals surface area contributed by atoms with Crippen LogP contribution in [0.2, 0.25) is 0 Å². The Balaban J connectivity index is 3.14. The van der Waals surface area contributed by atoms with Gasteiger partial charge in [0.15, 0.2) is 0 Å². The lowest BCUT2D eigenvalue weighted by molar-refractivity contribution is 0.545. The summed E-state index contributed by atoms with van der Waals surface area (Å²) in [4.78, 5) is -0.480. The number of benzene rings is 1. The van der Waals surface area contributed by atoms with Crippen LogP contribution in [0.15, 0.2) is 17.0 Å². The summed E-state index contributed by atoms with van der Waals surface area (Å²) in [5.41, 5.74) is 6.31. The van der Waals surface area contributed by atoms with Gasteiger partial charge in [0.2, 0.25) is 10.0 Å². The molecule has 0 saturated carbocycles. The highest BCUT2D eigenvalue weighted by molar-refractivity contribution is 7.89. The van der Waals surface area contributed by atoms with Crippen molar-refractivity contribution in [2.24, 2.45) is 0 Å². The van der Waals surface area contributed by atoms with Crippen molar-refractivity contribution >= 4 is 15.7 Å². The van der Waals surface area contributed by atoms with Crippen LogP contribution in [0, 0.1) is 25.1 Å². The molecule has 0 aliphatic heterocycles. The van der Waals surface area contributed by atoms with Gasteiger partial charge in [-0.3, -0.25) is 0 Å². The largest absolute Gasteiger partial charge is 0.398 e. The molecule has 1 aromatic carbocycles. The minimum Gasteiger partial charge on any atom is -0.398 e. The molecule has 0 saturated heterocycles. The van der Waals surface area contributed by atoms with Gasteiger partial charge in [-0.1, -0.05) is 19.3 Å². The van der Waals surface area contributed by atoms with Crippen LogP contribution >= 0.6 is 0 Å². The maximum absolute atomic E-state index is 13.7. The summed E-state index contributed by atoms with van der Waals surface area (Å²) < 4.78 is 40.1. The molecule has 0 heterocycles. The Morgan fingerprint density at radius 1 is 1.53 bits per heavy atom. The number of terminal acetylenes is 1. The summed E-state index contributed by atoms with van der Waals surface area (Å²) in [5.74, 6) is 1.49. The number of nitrogens with two attached hydrogens (primary N) is 1. The molecule has 6 heteroatoms. The molecule has 0 aliphatic rings. The van der Waals surface area contributed by atoms with Crippen LogP contribution in [-0.2, 0) is 10.0 Å². The topological polar surface area (TPSA) is 72.2 Å². The van der Waals surface area contributed by atoms with E-state index >= 15 is 0 Å². The molecule has 1 aromatic rings. The van der Waals surface area contributed by atoms with E-state index in [0.29, 0.717) is 12.0 Å². The van der Waals surface area contributed by atoms with Gasteiger partial charge in [-0.25, -0.2) is 12.8 Å². The van der Waals surface area contributed by atoms with E-state index in [2.05, 4.69) is 10.6 Å². The van der Waals surface area contributed by atoms with Crippen molar-refractivity contribution in [1.29, 1.82) is 0 Å². The summed E-state index contributed by atoms with van der Waals surface area (Å²) >= 11 is 0. The summed E-state index contributed by atoms with van der Waals surface area (Å²) in [5, 5.41) is 0. The zero-order valence-corrected chi connectivity index (χ0v) is 11.7. The number of aryl methyl sites for hydroxylation is 1. The lowest BCUT2D eigenvalue weighted by Gasteiger charge is -2.14. The zero-order chi connectivity index (χ0) is 14.6. The van der Waals surface area contributed by atoms with Crippen LogP contribution in [0.3, 0.4) is 0 Å². The van der Waals surface area contributed by atoms with Crippen molar-refractivity contribution < 1.29 is 12.8 Å². The van der Waals surface area contributed by atoms with Crippen LogP contribution in [0.1, 0.15) is 25.3 Å². The molecule has 4 nitrogen and oxygen atoms in total. The lowest BCUT2D eigenvalue weighted by Crippen LogP contribution is -2.34. The van der Waals surface area contributed by atoms with Gasteiger partial charge >= 0.3 is 0 Å².